The Morgan fingerprint density at radius 1 is 1.41 bits per heavy atom. The van der Waals surface area contributed by atoms with Gasteiger partial charge in [-0.2, -0.15) is 0 Å². The lowest BCUT2D eigenvalue weighted by atomic mass is 10.1. The Bertz CT molecular complexity index is 403. The van der Waals surface area contributed by atoms with Crippen molar-refractivity contribution in [3.8, 4) is 0 Å². The number of aromatic amines is 1. The van der Waals surface area contributed by atoms with Gasteiger partial charge in [-0.15, -0.1) is 0 Å². The number of allylic oxidation sites excluding steroid dienone is 1. The summed E-state index contributed by atoms with van der Waals surface area (Å²) in [6, 6.07) is 5.80. The van der Waals surface area contributed by atoms with Crippen LogP contribution in [-0.4, -0.2) is 17.6 Å². The van der Waals surface area contributed by atoms with Gasteiger partial charge in [0.25, 0.3) is 0 Å². The fourth-order valence-electron chi connectivity index (χ4n) is 1.72. The van der Waals surface area contributed by atoms with E-state index in [1.54, 1.807) is 6.07 Å². The predicted octanol–water partition coefficient (Wildman–Crippen LogP) is 2.56. The normalized spacial score (nSPS) is 19.1. The molecule has 1 fully saturated rings. The van der Waals surface area contributed by atoms with Crippen LogP contribution in [0.4, 0.5) is 0 Å². The van der Waals surface area contributed by atoms with Gasteiger partial charge >= 0.3 is 0 Å². The topological polar surface area (TPSA) is 44.9 Å². The van der Waals surface area contributed by atoms with Gasteiger partial charge in [0.05, 0.1) is 0 Å². The van der Waals surface area contributed by atoms with Gasteiger partial charge in [-0.1, -0.05) is 19.1 Å². The molecule has 3 heteroatoms. The van der Waals surface area contributed by atoms with Crippen LogP contribution in [-0.2, 0) is 0 Å². The molecule has 1 aliphatic rings. The summed E-state index contributed by atoms with van der Waals surface area (Å²) in [5.41, 5.74) is 1.59. The Labute approximate surface area is 103 Å². The van der Waals surface area contributed by atoms with Crippen LogP contribution in [0.2, 0.25) is 0 Å². The first-order valence-electron chi connectivity index (χ1n) is 6.18. The maximum Gasteiger partial charge on any atom is 0.248 e. The Morgan fingerprint density at radius 2 is 2.18 bits per heavy atom. The monoisotopic (exact) mass is 234 g/mol. The molecule has 2 N–H and O–H groups in total. The van der Waals surface area contributed by atoms with E-state index in [1.165, 1.54) is 31.9 Å². The van der Waals surface area contributed by atoms with Crippen molar-refractivity contribution >= 4 is 5.57 Å². The van der Waals surface area contributed by atoms with Crippen molar-refractivity contribution in [2.24, 2.45) is 0 Å². The molecule has 94 valence electrons. The largest absolute Gasteiger partial charge is 0.322 e. The quantitative estimate of drug-likeness (QED) is 0.784. The Balaban J connectivity index is 0.000000181. The highest BCUT2D eigenvalue weighted by atomic mass is 16.1. The van der Waals surface area contributed by atoms with Crippen LogP contribution in [0.15, 0.2) is 29.6 Å². The highest BCUT2D eigenvalue weighted by Gasteiger charge is 2.04. The van der Waals surface area contributed by atoms with Crippen molar-refractivity contribution in [2.75, 3.05) is 6.54 Å². The van der Waals surface area contributed by atoms with Crippen molar-refractivity contribution in [3.05, 3.63) is 40.8 Å². The van der Waals surface area contributed by atoms with Crippen LogP contribution >= 0.6 is 0 Å². The van der Waals surface area contributed by atoms with E-state index >= 15 is 0 Å². The van der Waals surface area contributed by atoms with Gasteiger partial charge < -0.3 is 10.3 Å². The lowest BCUT2D eigenvalue weighted by molar-refractivity contribution is 0.425. The maximum atomic E-state index is 10.7. The van der Waals surface area contributed by atoms with E-state index in [9.17, 15) is 4.79 Å². The summed E-state index contributed by atoms with van der Waals surface area (Å²) in [5, 5.41) is 3.38. The van der Waals surface area contributed by atoms with Crippen molar-refractivity contribution < 1.29 is 0 Å². The van der Waals surface area contributed by atoms with Gasteiger partial charge in [0.1, 0.15) is 0 Å². The summed E-state index contributed by atoms with van der Waals surface area (Å²) in [6.45, 7) is 9.04. The molecule has 1 aliphatic heterocycles. The second-order valence-electron chi connectivity index (χ2n) is 4.56. The van der Waals surface area contributed by atoms with Crippen LogP contribution in [0, 0.1) is 0 Å². The van der Waals surface area contributed by atoms with Crippen LogP contribution < -0.4 is 10.9 Å². The smallest absolute Gasteiger partial charge is 0.248 e. The van der Waals surface area contributed by atoms with Crippen molar-refractivity contribution in [1.29, 1.82) is 0 Å². The van der Waals surface area contributed by atoms with Crippen LogP contribution in [0.5, 0.6) is 0 Å². The van der Waals surface area contributed by atoms with Gasteiger partial charge in [-0.25, -0.2) is 0 Å². The molecule has 0 unspecified atom stereocenters. The third-order valence-electron chi connectivity index (χ3n) is 2.78. The lowest BCUT2D eigenvalue weighted by Gasteiger charge is -2.18. The highest BCUT2D eigenvalue weighted by Crippen LogP contribution is 2.04. The zero-order valence-electron chi connectivity index (χ0n) is 10.8. The summed E-state index contributed by atoms with van der Waals surface area (Å²) in [6.07, 6.45) is 4.18. The summed E-state index contributed by atoms with van der Waals surface area (Å²) in [4.78, 5) is 13.3. The Hall–Kier alpha value is -1.35. The minimum atomic E-state index is -0.0829. The number of piperidine rings is 1. The van der Waals surface area contributed by atoms with Gasteiger partial charge in [-0.3, -0.25) is 4.79 Å². The fraction of sp³-hybridized carbons (Fsp3) is 0.500. The number of hydrogen-bond acceptors (Lipinski definition) is 2. The first kappa shape index (κ1) is 13.7. The molecule has 17 heavy (non-hydrogen) atoms. The number of aromatic nitrogens is 1. The number of nitrogens with one attached hydrogen (secondary N) is 2. The fourth-order valence-corrected chi connectivity index (χ4v) is 1.72. The second-order valence-corrected chi connectivity index (χ2v) is 4.56. The van der Waals surface area contributed by atoms with Crippen LogP contribution in [0.25, 0.3) is 5.57 Å². The minimum absolute atomic E-state index is 0.0829. The lowest BCUT2D eigenvalue weighted by Crippen LogP contribution is -2.30. The van der Waals surface area contributed by atoms with E-state index in [-0.39, 0.29) is 5.56 Å². The molecule has 3 nitrogen and oxygen atoms in total. The van der Waals surface area contributed by atoms with E-state index in [4.69, 9.17) is 0 Å². The van der Waals surface area contributed by atoms with Gasteiger partial charge in [0.15, 0.2) is 0 Å². The zero-order valence-corrected chi connectivity index (χ0v) is 10.8. The molecule has 0 spiro atoms. The summed E-state index contributed by atoms with van der Waals surface area (Å²) in [5.74, 6) is 0. The molecule has 0 amide bonds. The van der Waals surface area contributed by atoms with Crippen molar-refractivity contribution in [3.63, 3.8) is 0 Å². The minimum Gasteiger partial charge on any atom is -0.322 e. The third kappa shape index (κ3) is 5.50. The molecule has 1 saturated heterocycles. The molecular formula is C14H22N2O. The van der Waals surface area contributed by atoms with Gasteiger partial charge in [0, 0.05) is 17.8 Å². The van der Waals surface area contributed by atoms with Crippen LogP contribution in [0.3, 0.4) is 0 Å². The number of hydrogen-bond donors (Lipinski definition) is 2. The SMILES string of the molecule is C=C(C)c1cccc(=O)[nH]1.C[C@@H]1CCCCN1. The molecule has 2 rings (SSSR count). The summed E-state index contributed by atoms with van der Waals surface area (Å²) in [7, 11) is 0. The van der Waals surface area contributed by atoms with Crippen molar-refractivity contribution in [2.45, 2.75) is 39.2 Å². The maximum absolute atomic E-state index is 10.7. The Kier molecular flexibility index (Phi) is 5.70. The molecule has 0 aromatic carbocycles. The van der Waals surface area contributed by atoms with E-state index in [1.807, 2.05) is 13.0 Å². The molecular weight excluding hydrogens is 212 g/mol. The number of H-pyrrole nitrogens is 1. The highest BCUT2D eigenvalue weighted by molar-refractivity contribution is 5.56. The van der Waals surface area contributed by atoms with Crippen molar-refractivity contribution in [1.82, 2.24) is 10.3 Å². The molecule has 0 radical (unpaired) electrons. The van der Waals surface area contributed by atoms with Gasteiger partial charge in [-0.05, 0) is 44.9 Å². The molecule has 1 aromatic heterocycles. The molecule has 1 aromatic rings. The summed E-state index contributed by atoms with van der Waals surface area (Å²) >= 11 is 0. The first-order valence-corrected chi connectivity index (χ1v) is 6.18. The number of rotatable bonds is 1. The van der Waals surface area contributed by atoms with Crippen LogP contribution in [0.1, 0.15) is 38.8 Å². The number of pyridine rings is 1. The third-order valence-corrected chi connectivity index (χ3v) is 2.78. The second kappa shape index (κ2) is 7.07. The van der Waals surface area contributed by atoms with E-state index in [2.05, 4.69) is 23.8 Å². The molecule has 0 saturated carbocycles. The molecule has 1 atom stereocenters. The van der Waals surface area contributed by atoms with Gasteiger partial charge in [0.2, 0.25) is 5.56 Å². The average Bonchev–Trinajstić information content (AvgIpc) is 2.31. The van der Waals surface area contributed by atoms with E-state index in [0.29, 0.717) is 0 Å². The van der Waals surface area contributed by atoms with E-state index in [0.717, 1.165) is 17.3 Å². The molecule has 0 aliphatic carbocycles. The molecule has 0 bridgehead atoms. The standard InChI is InChI=1S/C8H9NO.C6H13N/c1-6(2)7-4-3-5-8(10)9-7;1-6-4-2-3-5-7-6/h3-5H,1H2,2H3,(H,9,10);6-7H,2-5H2,1H3/t;6-/m.1/s1. The first-order chi connectivity index (χ1) is 8.09. The Morgan fingerprint density at radius 3 is 2.53 bits per heavy atom. The van der Waals surface area contributed by atoms with E-state index < -0.39 is 0 Å². The predicted molar refractivity (Wildman–Crippen MR) is 73.1 cm³/mol. The summed E-state index contributed by atoms with van der Waals surface area (Å²) < 4.78 is 0. The zero-order chi connectivity index (χ0) is 12.7. The molecule has 2 heterocycles. The average molecular weight is 234 g/mol.